The molecule has 0 spiro atoms. The number of allylic oxidation sites excluding steroid dienone is 1. The molecule has 0 radical (unpaired) electrons. The second-order valence-electron chi connectivity index (χ2n) is 10.5. The number of thiophene rings is 1. The van der Waals surface area contributed by atoms with Gasteiger partial charge in [-0.3, -0.25) is 0 Å². The molecule has 1 aliphatic heterocycles. The molecule has 0 amide bonds. The molecule has 0 N–H and O–H groups in total. The van der Waals surface area contributed by atoms with Gasteiger partial charge >= 0.3 is 6.36 Å². The molecule has 0 unspecified atom stereocenters. The summed E-state index contributed by atoms with van der Waals surface area (Å²) in [5, 5.41) is 0.716. The molecule has 1 aliphatic carbocycles. The number of halogens is 6. The highest BCUT2D eigenvalue weighted by atomic mass is 32.1. The minimum atomic E-state index is -5.22. The summed E-state index contributed by atoms with van der Waals surface area (Å²) in [6, 6.07) is 7.48. The maximum absolute atomic E-state index is 15.2. The number of fused-ring (bicyclic) bond motifs is 1. The van der Waals surface area contributed by atoms with Gasteiger partial charge in [-0.2, -0.15) is 0 Å². The van der Waals surface area contributed by atoms with Gasteiger partial charge in [-0.1, -0.05) is 37.6 Å². The van der Waals surface area contributed by atoms with Gasteiger partial charge in [0.1, 0.15) is 5.82 Å². The molecule has 3 aromatic rings. The quantitative estimate of drug-likeness (QED) is 0.205. The third-order valence-corrected chi connectivity index (χ3v) is 8.78. The molecule has 0 atom stereocenters. The van der Waals surface area contributed by atoms with E-state index in [1.54, 1.807) is 11.3 Å². The van der Waals surface area contributed by atoms with E-state index in [1.165, 1.54) is 5.56 Å². The zero-order valence-electron chi connectivity index (χ0n) is 21.9. The van der Waals surface area contributed by atoms with Crippen LogP contribution >= 0.6 is 11.3 Å². The van der Waals surface area contributed by atoms with E-state index in [4.69, 9.17) is 9.47 Å². The molecule has 40 heavy (non-hydrogen) atoms. The van der Waals surface area contributed by atoms with Crippen molar-refractivity contribution in [2.75, 3.05) is 13.2 Å². The molecule has 2 fully saturated rings. The Kier molecular flexibility index (Phi) is 8.78. The number of benzene rings is 2. The predicted molar refractivity (Wildman–Crippen MR) is 141 cm³/mol. The second kappa shape index (κ2) is 12.1. The van der Waals surface area contributed by atoms with Crippen molar-refractivity contribution in [2.45, 2.75) is 64.0 Å². The SMILES string of the molecule is CCCc1ccc2c(F)c(C3CCC(/C=C/C4COC(c5cc(F)c(OC(F)(F)F)c(F)c5)OC4)CC3)sc2c1. The van der Waals surface area contributed by atoms with E-state index in [9.17, 15) is 22.0 Å². The predicted octanol–water partition coefficient (Wildman–Crippen LogP) is 9.36. The molecule has 2 heterocycles. The highest BCUT2D eigenvalue weighted by Gasteiger charge is 2.35. The van der Waals surface area contributed by atoms with E-state index in [2.05, 4.69) is 23.8 Å². The van der Waals surface area contributed by atoms with Crippen LogP contribution in [0.1, 0.15) is 67.2 Å². The third kappa shape index (κ3) is 6.66. The topological polar surface area (TPSA) is 27.7 Å². The van der Waals surface area contributed by atoms with Crippen molar-refractivity contribution in [1.29, 1.82) is 0 Å². The zero-order chi connectivity index (χ0) is 28.4. The van der Waals surface area contributed by atoms with Crippen LogP contribution in [0.15, 0.2) is 42.5 Å². The summed E-state index contributed by atoms with van der Waals surface area (Å²) in [7, 11) is 0. The monoisotopic (exact) mass is 584 g/mol. The van der Waals surface area contributed by atoms with Gasteiger partial charge in [0.2, 0.25) is 5.75 Å². The lowest BCUT2D eigenvalue weighted by Gasteiger charge is -2.29. The fourth-order valence-electron chi connectivity index (χ4n) is 5.47. The summed E-state index contributed by atoms with van der Waals surface area (Å²) in [5.74, 6) is -4.08. The molecule has 216 valence electrons. The number of hydrogen-bond acceptors (Lipinski definition) is 4. The van der Waals surface area contributed by atoms with E-state index in [-0.39, 0.29) is 36.4 Å². The highest BCUT2D eigenvalue weighted by Crippen LogP contribution is 2.43. The molecule has 5 rings (SSSR count). The summed E-state index contributed by atoms with van der Waals surface area (Å²) in [5.41, 5.74) is 1.17. The van der Waals surface area contributed by atoms with E-state index < -0.39 is 30.0 Å². The van der Waals surface area contributed by atoms with E-state index >= 15 is 4.39 Å². The van der Waals surface area contributed by atoms with Gasteiger partial charge in [0.05, 0.1) is 13.2 Å². The van der Waals surface area contributed by atoms with E-state index in [0.29, 0.717) is 23.4 Å². The molecule has 10 heteroatoms. The van der Waals surface area contributed by atoms with Crippen LogP contribution in [0.2, 0.25) is 0 Å². The Morgan fingerprint density at radius 1 is 0.925 bits per heavy atom. The maximum Gasteiger partial charge on any atom is 0.573 e. The van der Waals surface area contributed by atoms with Crippen molar-refractivity contribution in [3.05, 3.63) is 75.9 Å². The van der Waals surface area contributed by atoms with Crippen LogP contribution in [0.4, 0.5) is 26.3 Å². The van der Waals surface area contributed by atoms with Gasteiger partial charge in [-0.15, -0.1) is 24.5 Å². The number of aryl methyl sites for hydroxylation is 1. The third-order valence-electron chi connectivity index (χ3n) is 7.49. The van der Waals surface area contributed by atoms with Gasteiger partial charge in [-0.25, -0.2) is 13.2 Å². The fraction of sp³-hybridized carbons (Fsp3) is 0.467. The molecular formula is C30H30F6O3S. The van der Waals surface area contributed by atoms with Crippen molar-refractivity contribution in [1.82, 2.24) is 0 Å². The van der Waals surface area contributed by atoms with Gasteiger partial charge in [-0.05, 0) is 67.7 Å². The van der Waals surface area contributed by atoms with Crippen LogP contribution in [0.3, 0.4) is 0 Å². The number of ether oxygens (including phenoxy) is 3. The van der Waals surface area contributed by atoms with E-state index in [1.807, 2.05) is 18.2 Å². The summed E-state index contributed by atoms with van der Waals surface area (Å²) in [4.78, 5) is 0.858. The van der Waals surface area contributed by atoms with Gasteiger partial charge in [0, 0.05) is 26.4 Å². The summed E-state index contributed by atoms with van der Waals surface area (Å²) < 4.78 is 96.0. The molecule has 2 aliphatic rings. The molecule has 1 saturated heterocycles. The first-order valence-corrected chi connectivity index (χ1v) is 14.3. The number of alkyl halides is 3. The molecule has 3 nitrogen and oxygen atoms in total. The molecule has 1 saturated carbocycles. The average Bonchev–Trinajstić information content (AvgIpc) is 3.25. The van der Waals surface area contributed by atoms with Crippen molar-refractivity contribution in [2.24, 2.45) is 11.8 Å². The highest BCUT2D eigenvalue weighted by molar-refractivity contribution is 7.19. The molecular weight excluding hydrogens is 554 g/mol. The summed E-state index contributed by atoms with van der Waals surface area (Å²) in [6.45, 7) is 2.59. The van der Waals surface area contributed by atoms with Crippen molar-refractivity contribution in [3.63, 3.8) is 0 Å². The first-order valence-electron chi connectivity index (χ1n) is 13.5. The van der Waals surface area contributed by atoms with Gasteiger partial charge in [0.15, 0.2) is 17.9 Å². The fourth-order valence-corrected chi connectivity index (χ4v) is 6.79. The van der Waals surface area contributed by atoms with Gasteiger partial charge < -0.3 is 14.2 Å². The summed E-state index contributed by atoms with van der Waals surface area (Å²) in [6.07, 6.45) is 3.58. The minimum Gasteiger partial charge on any atom is -0.399 e. The Morgan fingerprint density at radius 3 is 2.20 bits per heavy atom. The van der Waals surface area contributed by atoms with Crippen molar-refractivity contribution >= 4 is 21.4 Å². The average molecular weight is 585 g/mol. The Labute approximate surface area is 232 Å². The van der Waals surface area contributed by atoms with Crippen LogP contribution < -0.4 is 4.74 Å². The first kappa shape index (κ1) is 29.0. The Bertz CT molecular complexity index is 1330. The lowest BCUT2D eigenvalue weighted by molar-refractivity contribution is -0.276. The largest absolute Gasteiger partial charge is 0.573 e. The standard InChI is InChI=1S/C30H30F6O3S/c1-2-3-18-8-11-22-25(12-18)40-28(26(22)33)20-9-6-17(7-10-20)4-5-19-15-37-29(38-16-19)21-13-23(31)27(24(32)14-21)39-30(34,35)36/h4-5,8,11-14,17,19-20,29H,2-3,6-7,9-10,15-16H2,1H3/b5-4+. The van der Waals surface area contributed by atoms with E-state index in [0.717, 1.165) is 48.1 Å². The lowest BCUT2D eigenvalue weighted by atomic mass is 9.80. The number of hydrogen-bond donors (Lipinski definition) is 0. The Morgan fingerprint density at radius 2 is 1.57 bits per heavy atom. The van der Waals surface area contributed by atoms with Crippen LogP contribution in [0.25, 0.3) is 10.1 Å². The van der Waals surface area contributed by atoms with Crippen LogP contribution in [-0.4, -0.2) is 19.6 Å². The van der Waals surface area contributed by atoms with Crippen LogP contribution in [-0.2, 0) is 15.9 Å². The Balaban J connectivity index is 1.12. The normalized spacial score (nSPS) is 24.2. The minimum absolute atomic E-state index is 0.0691. The maximum atomic E-state index is 15.2. The molecule has 0 bridgehead atoms. The molecule has 2 aromatic carbocycles. The second-order valence-corrected chi connectivity index (χ2v) is 11.6. The van der Waals surface area contributed by atoms with Crippen molar-refractivity contribution in [3.8, 4) is 5.75 Å². The number of rotatable bonds is 7. The van der Waals surface area contributed by atoms with Gasteiger partial charge in [0.25, 0.3) is 0 Å². The molecule has 1 aromatic heterocycles. The summed E-state index contributed by atoms with van der Waals surface area (Å²) >= 11 is 1.58. The smallest absolute Gasteiger partial charge is 0.399 e. The lowest BCUT2D eigenvalue weighted by Crippen LogP contribution is -2.26. The van der Waals surface area contributed by atoms with Crippen LogP contribution in [0.5, 0.6) is 5.75 Å². The van der Waals surface area contributed by atoms with Crippen molar-refractivity contribution < 1.29 is 40.6 Å². The van der Waals surface area contributed by atoms with Crippen LogP contribution in [0, 0.1) is 29.3 Å². The zero-order valence-corrected chi connectivity index (χ0v) is 22.7. The first-order chi connectivity index (χ1) is 19.1. The Hall–Kier alpha value is -2.56.